The van der Waals surface area contributed by atoms with Gasteiger partial charge in [-0.25, -0.2) is 9.37 Å². The Hall–Kier alpha value is -3.75. The van der Waals surface area contributed by atoms with Crippen LogP contribution in [0.4, 0.5) is 15.2 Å². The molecule has 2 aromatic heterocycles. The lowest BCUT2D eigenvalue weighted by atomic mass is 10.1. The molecule has 0 saturated heterocycles. The summed E-state index contributed by atoms with van der Waals surface area (Å²) in [5, 5.41) is 11.6. The Morgan fingerprint density at radius 3 is 2.71 bits per heavy atom. The zero-order chi connectivity index (χ0) is 24.4. The third-order valence-corrected chi connectivity index (χ3v) is 7.08. The van der Waals surface area contributed by atoms with Gasteiger partial charge in [-0.3, -0.25) is 4.79 Å². The van der Waals surface area contributed by atoms with Crippen LogP contribution in [-0.2, 0) is 13.0 Å². The molecule has 0 saturated carbocycles. The van der Waals surface area contributed by atoms with Crippen molar-refractivity contribution >= 4 is 49.2 Å². The lowest BCUT2D eigenvalue weighted by molar-refractivity contribution is 0.102. The van der Waals surface area contributed by atoms with Crippen LogP contribution < -0.4 is 16.0 Å². The Labute approximate surface area is 206 Å². The van der Waals surface area contributed by atoms with Gasteiger partial charge in [-0.15, -0.1) is 0 Å². The number of H-pyrrole nitrogens is 1. The molecule has 0 unspecified atom stereocenters. The Balaban J connectivity index is 1.24. The maximum atomic E-state index is 13.2. The van der Waals surface area contributed by atoms with Crippen molar-refractivity contribution in [2.75, 3.05) is 24.2 Å². The predicted octanol–water partition coefficient (Wildman–Crippen LogP) is 5.85. The molecule has 6 nitrogen and oxygen atoms in total. The summed E-state index contributed by atoms with van der Waals surface area (Å²) in [5.41, 5.74) is 6.71. The molecule has 0 bridgehead atoms. The van der Waals surface area contributed by atoms with Crippen LogP contribution in [0.5, 0.6) is 0 Å². The molecule has 0 aliphatic heterocycles. The second-order valence-electron chi connectivity index (χ2n) is 8.45. The van der Waals surface area contributed by atoms with Crippen LogP contribution in [0.3, 0.4) is 0 Å². The number of carbonyl (C=O) groups is 1. The topological polar surface area (TPSA) is 81.8 Å². The van der Waals surface area contributed by atoms with Gasteiger partial charge in [0, 0.05) is 41.4 Å². The smallest absolute Gasteiger partial charge is 0.255 e. The number of aromatic amines is 1. The molecule has 0 radical (unpaired) electrons. The summed E-state index contributed by atoms with van der Waals surface area (Å²) in [6, 6.07) is 17.8. The summed E-state index contributed by atoms with van der Waals surface area (Å²) < 4.78 is 14.3. The van der Waals surface area contributed by atoms with Crippen LogP contribution in [0.15, 0.2) is 60.7 Å². The maximum absolute atomic E-state index is 13.2. The van der Waals surface area contributed by atoms with Crippen LogP contribution >= 0.6 is 11.3 Å². The van der Waals surface area contributed by atoms with E-state index >= 15 is 0 Å². The molecular weight excluding hydrogens is 461 g/mol. The molecule has 5 aromatic rings. The first-order valence-electron chi connectivity index (χ1n) is 11.5. The minimum Gasteiger partial charge on any atom is -0.365 e. The fraction of sp³-hybridized carbons (Fsp3) is 0.185. The van der Waals surface area contributed by atoms with Crippen molar-refractivity contribution in [2.45, 2.75) is 19.9 Å². The number of nitrogens with zero attached hydrogens (tertiary/aromatic N) is 1. The molecule has 2 heterocycles. The summed E-state index contributed by atoms with van der Waals surface area (Å²) in [7, 11) is 1.88. The van der Waals surface area contributed by atoms with Gasteiger partial charge in [0.25, 0.3) is 5.91 Å². The van der Waals surface area contributed by atoms with Crippen molar-refractivity contribution in [2.24, 2.45) is 0 Å². The van der Waals surface area contributed by atoms with Gasteiger partial charge < -0.3 is 20.9 Å². The van der Waals surface area contributed by atoms with E-state index in [1.54, 1.807) is 11.3 Å². The first kappa shape index (κ1) is 23.0. The lowest BCUT2D eigenvalue weighted by Gasteiger charge is -2.08. The number of fused-ring (bicyclic) bond motifs is 2. The monoisotopic (exact) mass is 487 g/mol. The number of hydrogen-bond acceptors (Lipinski definition) is 5. The number of anilines is 2. The van der Waals surface area contributed by atoms with E-state index in [1.807, 2.05) is 25.2 Å². The fourth-order valence-corrected chi connectivity index (χ4v) is 5.02. The van der Waals surface area contributed by atoms with E-state index in [-0.39, 0.29) is 11.7 Å². The number of amides is 1. The molecule has 178 valence electrons. The molecule has 0 spiro atoms. The number of halogens is 1. The van der Waals surface area contributed by atoms with Gasteiger partial charge in [-0.2, -0.15) is 0 Å². The standard InChI is InChI=1S/C27H26FN5OS/c1-16-21(11-12-30-15-17-3-10-25-24(13-17)33-27(29-2)35-25)22-14-20(8-9-23(22)31-16)32-26(34)18-4-6-19(28)7-5-18/h3-10,13-14,30-31H,11-12,15H2,1-2H3,(H,29,33)(H,32,34). The summed E-state index contributed by atoms with van der Waals surface area (Å²) in [4.78, 5) is 20.6. The van der Waals surface area contributed by atoms with Gasteiger partial charge in [0.2, 0.25) is 0 Å². The quantitative estimate of drug-likeness (QED) is 0.207. The molecule has 0 aliphatic rings. The van der Waals surface area contributed by atoms with E-state index in [9.17, 15) is 9.18 Å². The van der Waals surface area contributed by atoms with Gasteiger partial charge in [0.05, 0.1) is 10.2 Å². The second kappa shape index (κ2) is 9.85. The van der Waals surface area contributed by atoms with Crippen molar-refractivity contribution < 1.29 is 9.18 Å². The maximum Gasteiger partial charge on any atom is 0.255 e. The molecule has 1 amide bonds. The van der Waals surface area contributed by atoms with E-state index in [2.05, 4.69) is 51.0 Å². The predicted molar refractivity (Wildman–Crippen MR) is 142 cm³/mol. The number of nitrogens with one attached hydrogen (secondary N) is 4. The number of aryl methyl sites for hydroxylation is 1. The highest BCUT2D eigenvalue weighted by atomic mass is 32.1. The molecule has 5 rings (SSSR count). The highest BCUT2D eigenvalue weighted by Crippen LogP contribution is 2.27. The van der Waals surface area contributed by atoms with Crippen LogP contribution in [0.1, 0.15) is 27.2 Å². The molecule has 0 aliphatic carbocycles. The number of rotatable bonds is 8. The summed E-state index contributed by atoms with van der Waals surface area (Å²) in [6.45, 7) is 3.65. The van der Waals surface area contributed by atoms with E-state index in [4.69, 9.17) is 0 Å². The van der Waals surface area contributed by atoms with Crippen LogP contribution in [0.25, 0.3) is 21.1 Å². The SMILES string of the molecule is CNc1nc2cc(CNCCc3c(C)[nH]c4ccc(NC(=O)c5ccc(F)cc5)cc34)ccc2s1. The van der Waals surface area contributed by atoms with Gasteiger partial charge >= 0.3 is 0 Å². The first-order chi connectivity index (χ1) is 17.0. The molecule has 4 N–H and O–H groups in total. The average molecular weight is 488 g/mol. The van der Waals surface area contributed by atoms with Gasteiger partial charge in [0.15, 0.2) is 5.13 Å². The Morgan fingerprint density at radius 1 is 1.09 bits per heavy atom. The Morgan fingerprint density at radius 2 is 1.91 bits per heavy atom. The number of benzene rings is 3. The van der Waals surface area contributed by atoms with E-state index < -0.39 is 0 Å². The molecular formula is C27H26FN5OS. The van der Waals surface area contributed by atoms with Gasteiger partial charge in [0.1, 0.15) is 5.82 Å². The minimum atomic E-state index is -0.365. The van der Waals surface area contributed by atoms with Crippen LogP contribution in [0, 0.1) is 12.7 Å². The lowest BCUT2D eigenvalue weighted by Crippen LogP contribution is -2.17. The Bertz CT molecular complexity index is 1510. The van der Waals surface area contributed by atoms with Crippen molar-refractivity contribution in [3.63, 3.8) is 0 Å². The zero-order valence-corrected chi connectivity index (χ0v) is 20.4. The van der Waals surface area contributed by atoms with Crippen LogP contribution in [-0.4, -0.2) is 29.5 Å². The fourth-order valence-electron chi connectivity index (χ4n) is 4.22. The minimum absolute atomic E-state index is 0.265. The van der Waals surface area contributed by atoms with Crippen molar-refractivity contribution in [1.29, 1.82) is 0 Å². The summed E-state index contributed by atoms with van der Waals surface area (Å²) >= 11 is 1.65. The average Bonchev–Trinajstić information content (AvgIpc) is 3.41. The molecule has 3 aromatic carbocycles. The Kier molecular flexibility index (Phi) is 6.48. The summed E-state index contributed by atoms with van der Waals surface area (Å²) in [5.74, 6) is -0.630. The second-order valence-corrected chi connectivity index (χ2v) is 9.48. The number of aromatic nitrogens is 2. The van der Waals surface area contributed by atoms with Crippen molar-refractivity contribution in [1.82, 2.24) is 15.3 Å². The van der Waals surface area contributed by atoms with E-state index in [1.165, 1.54) is 40.1 Å². The third-order valence-electron chi connectivity index (χ3n) is 6.03. The van der Waals surface area contributed by atoms with Gasteiger partial charge in [-0.05, 0) is 85.6 Å². The largest absolute Gasteiger partial charge is 0.365 e. The number of thiazole rings is 1. The molecule has 8 heteroatoms. The van der Waals surface area contributed by atoms with Crippen molar-refractivity contribution in [3.8, 4) is 0 Å². The highest BCUT2D eigenvalue weighted by Gasteiger charge is 2.12. The normalized spacial score (nSPS) is 11.3. The number of hydrogen-bond donors (Lipinski definition) is 4. The molecule has 0 atom stereocenters. The molecule has 35 heavy (non-hydrogen) atoms. The highest BCUT2D eigenvalue weighted by molar-refractivity contribution is 7.22. The number of carbonyl (C=O) groups excluding carboxylic acids is 1. The zero-order valence-electron chi connectivity index (χ0n) is 19.5. The van der Waals surface area contributed by atoms with Gasteiger partial charge in [-0.1, -0.05) is 17.4 Å². The van der Waals surface area contributed by atoms with Crippen molar-refractivity contribution in [3.05, 3.63) is 88.9 Å². The van der Waals surface area contributed by atoms with Crippen LogP contribution in [0.2, 0.25) is 0 Å². The first-order valence-corrected chi connectivity index (χ1v) is 12.3. The third kappa shape index (κ3) is 5.03. The van der Waals surface area contributed by atoms with E-state index in [0.717, 1.165) is 46.8 Å². The van der Waals surface area contributed by atoms with E-state index in [0.29, 0.717) is 11.3 Å². The molecule has 0 fully saturated rings. The summed E-state index contributed by atoms with van der Waals surface area (Å²) in [6.07, 6.45) is 0.851.